The third kappa shape index (κ3) is 3.90. The van der Waals surface area contributed by atoms with Crippen LogP contribution in [-0.2, 0) is 4.79 Å². The first-order valence-corrected chi connectivity index (χ1v) is 7.92. The molecule has 0 fully saturated rings. The standard InChI is InChI=1S/C17H23N3O4/c1-9(2)14-13-11(8-10(3)18-16(13)24-20-14)15(23)19-17(4,5)7-6-12(21)22/h8-9H,6-7H2,1-5H3,(H,19,23)(H,21,22). The van der Waals surface area contributed by atoms with Crippen LogP contribution in [0.4, 0.5) is 0 Å². The number of carbonyl (C=O) groups excluding carboxylic acids is 1. The van der Waals surface area contributed by atoms with E-state index in [0.29, 0.717) is 34.5 Å². The molecule has 0 atom stereocenters. The summed E-state index contributed by atoms with van der Waals surface area (Å²) < 4.78 is 5.27. The quantitative estimate of drug-likeness (QED) is 0.842. The third-order valence-electron chi connectivity index (χ3n) is 3.81. The Kier molecular flexibility index (Phi) is 4.91. The number of hydrogen-bond acceptors (Lipinski definition) is 5. The first kappa shape index (κ1) is 17.9. The Morgan fingerprint density at radius 1 is 1.38 bits per heavy atom. The summed E-state index contributed by atoms with van der Waals surface area (Å²) >= 11 is 0. The number of aryl methyl sites for hydroxylation is 1. The largest absolute Gasteiger partial charge is 0.481 e. The molecule has 2 rings (SSSR count). The number of nitrogens with one attached hydrogen (secondary N) is 1. The van der Waals surface area contributed by atoms with E-state index in [-0.39, 0.29) is 18.2 Å². The van der Waals surface area contributed by atoms with Crippen molar-refractivity contribution in [1.82, 2.24) is 15.5 Å². The number of pyridine rings is 1. The number of aliphatic carboxylic acids is 1. The van der Waals surface area contributed by atoms with E-state index in [4.69, 9.17) is 9.63 Å². The number of aromatic nitrogens is 2. The van der Waals surface area contributed by atoms with Crippen molar-refractivity contribution in [3.8, 4) is 0 Å². The molecule has 2 N–H and O–H groups in total. The van der Waals surface area contributed by atoms with Crippen LogP contribution in [0.3, 0.4) is 0 Å². The molecule has 1 amide bonds. The maximum Gasteiger partial charge on any atom is 0.303 e. The van der Waals surface area contributed by atoms with E-state index in [1.54, 1.807) is 26.8 Å². The van der Waals surface area contributed by atoms with Gasteiger partial charge in [0.1, 0.15) is 0 Å². The predicted molar refractivity (Wildman–Crippen MR) is 89.0 cm³/mol. The Morgan fingerprint density at radius 2 is 2.04 bits per heavy atom. The number of rotatable bonds is 6. The summed E-state index contributed by atoms with van der Waals surface area (Å²) in [5.74, 6) is -1.09. The van der Waals surface area contributed by atoms with Gasteiger partial charge < -0.3 is 14.9 Å². The van der Waals surface area contributed by atoms with Crippen LogP contribution in [-0.4, -0.2) is 32.7 Å². The van der Waals surface area contributed by atoms with Gasteiger partial charge in [0.25, 0.3) is 11.6 Å². The number of carbonyl (C=O) groups is 2. The lowest BCUT2D eigenvalue weighted by molar-refractivity contribution is -0.137. The summed E-state index contributed by atoms with van der Waals surface area (Å²) in [6.45, 7) is 9.32. The maximum absolute atomic E-state index is 12.8. The van der Waals surface area contributed by atoms with Crippen LogP contribution >= 0.6 is 0 Å². The van der Waals surface area contributed by atoms with Crippen LogP contribution in [0.25, 0.3) is 11.1 Å². The normalized spacial score (nSPS) is 11.9. The smallest absolute Gasteiger partial charge is 0.303 e. The van der Waals surface area contributed by atoms with Gasteiger partial charge >= 0.3 is 5.97 Å². The van der Waals surface area contributed by atoms with Crippen LogP contribution in [0.1, 0.15) is 68.2 Å². The monoisotopic (exact) mass is 333 g/mol. The molecule has 24 heavy (non-hydrogen) atoms. The van der Waals surface area contributed by atoms with Gasteiger partial charge in [0.2, 0.25) is 0 Å². The van der Waals surface area contributed by atoms with Gasteiger partial charge in [0.05, 0.1) is 16.6 Å². The molecule has 2 aromatic rings. The van der Waals surface area contributed by atoms with Gasteiger partial charge in [-0.2, -0.15) is 0 Å². The van der Waals surface area contributed by atoms with Crippen LogP contribution in [0.2, 0.25) is 0 Å². The summed E-state index contributed by atoms with van der Waals surface area (Å²) in [5, 5.41) is 16.4. The first-order valence-electron chi connectivity index (χ1n) is 7.92. The zero-order chi connectivity index (χ0) is 18.1. The van der Waals surface area contributed by atoms with Crippen molar-refractivity contribution in [3.63, 3.8) is 0 Å². The van der Waals surface area contributed by atoms with Crippen molar-refractivity contribution in [2.24, 2.45) is 0 Å². The van der Waals surface area contributed by atoms with Gasteiger partial charge in [-0.1, -0.05) is 19.0 Å². The first-order chi connectivity index (χ1) is 11.1. The molecule has 0 aliphatic rings. The summed E-state index contributed by atoms with van der Waals surface area (Å²) in [5.41, 5.74) is 1.49. The number of fused-ring (bicyclic) bond motifs is 1. The lowest BCUT2D eigenvalue weighted by Gasteiger charge is -2.26. The highest BCUT2D eigenvalue weighted by molar-refractivity contribution is 6.06. The fraction of sp³-hybridized carbons (Fsp3) is 0.529. The zero-order valence-corrected chi connectivity index (χ0v) is 14.6. The van der Waals surface area contributed by atoms with Crippen LogP contribution in [0, 0.1) is 6.92 Å². The predicted octanol–water partition coefficient (Wildman–Crippen LogP) is 3.03. The Balaban J connectivity index is 2.38. The molecule has 0 unspecified atom stereocenters. The molecule has 0 radical (unpaired) electrons. The molecule has 0 spiro atoms. The van der Waals surface area contributed by atoms with Crippen molar-refractivity contribution >= 4 is 23.0 Å². The molecule has 0 aliphatic heterocycles. The van der Waals surface area contributed by atoms with Crippen molar-refractivity contribution in [2.45, 2.75) is 58.9 Å². The zero-order valence-electron chi connectivity index (χ0n) is 14.6. The van der Waals surface area contributed by atoms with Crippen LogP contribution in [0.5, 0.6) is 0 Å². The summed E-state index contributed by atoms with van der Waals surface area (Å²) in [4.78, 5) is 27.8. The Bertz CT molecular complexity index is 777. The minimum Gasteiger partial charge on any atom is -0.481 e. The van der Waals surface area contributed by atoms with Gasteiger partial charge in [-0.25, -0.2) is 4.98 Å². The SMILES string of the molecule is Cc1cc(C(=O)NC(C)(C)CCC(=O)O)c2c(C(C)C)noc2n1. The van der Waals surface area contributed by atoms with E-state index in [1.807, 2.05) is 13.8 Å². The van der Waals surface area contributed by atoms with Gasteiger partial charge in [0, 0.05) is 17.7 Å². The van der Waals surface area contributed by atoms with Crippen LogP contribution < -0.4 is 5.32 Å². The molecule has 2 aromatic heterocycles. The van der Waals surface area contributed by atoms with Crippen LogP contribution in [0.15, 0.2) is 10.6 Å². The van der Waals surface area contributed by atoms with E-state index in [9.17, 15) is 9.59 Å². The number of carboxylic acids is 1. The van der Waals surface area contributed by atoms with Gasteiger partial charge in [-0.05, 0) is 39.2 Å². The lowest BCUT2D eigenvalue weighted by atomic mass is 9.96. The number of hydrogen-bond donors (Lipinski definition) is 2. The molecule has 0 aliphatic carbocycles. The second-order valence-electron chi connectivity index (χ2n) is 6.95. The molecular formula is C17H23N3O4. The highest BCUT2D eigenvalue weighted by atomic mass is 16.5. The van der Waals surface area contributed by atoms with Crippen molar-refractivity contribution in [3.05, 3.63) is 23.0 Å². The second-order valence-corrected chi connectivity index (χ2v) is 6.95. The average Bonchev–Trinajstić information content (AvgIpc) is 2.87. The Labute approximate surface area is 140 Å². The second kappa shape index (κ2) is 6.59. The lowest BCUT2D eigenvalue weighted by Crippen LogP contribution is -2.43. The van der Waals surface area contributed by atoms with Crippen molar-refractivity contribution < 1.29 is 19.2 Å². The minimum absolute atomic E-state index is 0.0113. The van der Waals surface area contributed by atoms with Crippen molar-refractivity contribution in [1.29, 1.82) is 0 Å². The summed E-state index contributed by atoms with van der Waals surface area (Å²) in [6.07, 6.45) is 0.324. The molecular weight excluding hydrogens is 310 g/mol. The molecule has 0 saturated carbocycles. The van der Waals surface area contributed by atoms with Gasteiger partial charge in [-0.15, -0.1) is 0 Å². The van der Waals surface area contributed by atoms with Gasteiger partial charge in [-0.3, -0.25) is 9.59 Å². The van der Waals surface area contributed by atoms with E-state index in [1.165, 1.54) is 0 Å². The third-order valence-corrected chi connectivity index (χ3v) is 3.81. The molecule has 2 heterocycles. The molecule has 0 bridgehead atoms. The van der Waals surface area contributed by atoms with E-state index in [0.717, 1.165) is 0 Å². The topological polar surface area (TPSA) is 105 Å². The fourth-order valence-corrected chi connectivity index (χ4v) is 2.53. The molecule has 0 saturated heterocycles. The summed E-state index contributed by atoms with van der Waals surface area (Å²) in [7, 11) is 0. The van der Waals surface area contributed by atoms with Gasteiger partial charge in [0.15, 0.2) is 0 Å². The minimum atomic E-state index is -0.888. The summed E-state index contributed by atoms with van der Waals surface area (Å²) in [6, 6.07) is 1.70. The van der Waals surface area contributed by atoms with E-state index in [2.05, 4.69) is 15.5 Å². The number of nitrogens with zero attached hydrogens (tertiary/aromatic N) is 2. The average molecular weight is 333 g/mol. The van der Waals surface area contributed by atoms with E-state index < -0.39 is 11.5 Å². The molecule has 7 nitrogen and oxygen atoms in total. The van der Waals surface area contributed by atoms with E-state index >= 15 is 0 Å². The molecule has 130 valence electrons. The Hall–Kier alpha value is -2.44. The van der Waals surface area contributed by atoms with Crippen molar-refractivity contribution in [2.75, 3.05) is 0 Å². The molecule has 7 heteroatoms. The highest BCUT2D eigenvalue weighted by Crippen LogP contribution is 2.28. The Morgan fingerprint density at radius 3 is 2.62 bits per heavy atom. The maximum atomic E-state index is 12.8. The number of carboxylic acid groups (broad SMARTS) is 1. The number of amides is 1. The fourth-order valence-electron chi connectivity index (χ4n) is 2.53. The molecule has 0 aromatic carbocycles. The highest BCUT2D eigenvalue weighted by Gasteiger charge is 2.26.